The standard InChI is InChI=1S/C31H38ClN3O6S/c1-6-7-17-33-31(37)23(3)34(20-24-9-8-10-25(32)18-24)30(36)21-35(28-19-26(40-4)13-16-29(28)41-5)42(38,39)27-14-11-22(2)12-15-27/h8-16,18-19,23H,6-7,17,20-21H2,1-5H3,(H,33,37)/t23-/m0/s1. The molecule has 9 nitrogen and oxygen atoms in total. The molecule has 0 radical (unpaired) electrons. The molecule has 3 aromatic rings. The van der Waals surface area contributed by atoms with E-state index in [2.05, 4.69) is 5.32 Å². The van der Waals surface area contributed by atoms with E-state index in [-0.39, 0.29) is 28.8 Å². The van der Waals surface area contributed by atoms with E-state index >= 15 is 0 Å². The normalized spacial score (nSPS) is 11.9. The van der Waals surface area contributed by atoms with Crippen LogP contribution in [-0.2, 0) is 26.2 Å². The molecule has 2 amide bonds. The zero-order valence-electron chi connectivity index (χ0n) is 24.6. The molecule has 3 rings (SSSR count). The lowest BCUT2D eigenvalue weighted by atomic mass is 10.1. The number of carbonyl (C=O) groups excluding carboxylic acids is 2. The van der Waals surface area contributed by atoms with E-state index in [1.54, 1.807) is 55.5 Å². The van der Waals surface area contributed by atoms with Crippen LogP contribution in [0.25, 0.3) is 0 Å². The van der Waals surface area contributed by atoms with Crippen molar-refractivity contribution in [2.24, 2.45) is 0 Å². The van der Waals surface area contributed by atoms with Crippen molar-refractivity contribution in [2.45, 2.75) is 51.1 Å². The van der Waals surface area contributed by atoms with E-state index in [9.17, 15) is 18.0 Å². The fraction of sp³-hybridized carbons (Fsp3) is 0.355. The molecule has 3 aromatic carbocycles. The quantitative estimate of drug-likeness (QED) is 0.250. The topological polar surface area (TPSA) is 105 Å². The van der Waals surface area contributed by atoms with Gasteiger partial charge in [-0.3, -0.25) is 13.9 Å². The summed E-state index contributed by atoms with van der Waals surface area (Å²) in [4.78, 5) is 28.6. The van der Waals surface area contributed by atoms with Gasteiger partial charge in [0.15, 0.2) is 0 Å². The zero-order valence-corrected chi connectivity index (χ0v) is 26.2. The Bertz CT molecular complexity index is 1480. The van der Waals surface area contributed by atoms with E-state index in [0.29, 0.717) is 22.9 Å². The van der Waals surface area contributed by atoms with Gasteiger partial charge in [0.1, 0.15) is 24.1 Å². The maximum Gasteiger partial charge on any atom is 0.264 e. The number of carbonyl (C=O) groups is 2. The van der Waals surface area contributed by atoms with Crippen molar-refractivity contribution in [2.75, 3.05) is 31.6 Å². The molecule has 0 aliphatic heterocycles. The van der Waals surface area contributed by atoms with Crippen LogP contribution >= 0.6 is 11.6 Å². The Morgan fingerprint density at radius 2 is 1.71 bits per heavy atom. The first-order chi connectivity index (χ1) is 20.0. The number of methoxy groups -OCH3 is 2. The largest absolute Gasteiger partial charge is 0.497 e. The summed E-state index contributed by atoms with van der Waals surface area (Å²) in [6.45, 7) is 5.38. The summed E-state index contributed by atoms with van der Waals surface area (Å²) in [7, 11) is -1.40. The lowest BCUT2D eigenvalue weighted by molar-refractivity contribution is -0.139. The highest BCUT2D eigenvalue weighted by molar-refractivity contribution is 7.92. The minimum absolute atomic E-state index is 0.00230. The van der Waals surface area contributed by atoms with Crippen LogP contribution in [0.4, 0.5) is 5.69 Å². The Morgan fingerprint density at radius 1 is 1.00 bits per heavy atom. The number of sulfonamides is 1. The second-order valence-electron chi connectivity index (χ2n) is 9.83. The maximum atomic E-state index is 14.1. The molecule has 0 aliphatic rings. The third-order valence-corrected chi connectivity index (χ3v) is 8.79. The van der Waals surface area contributed by atoms with Gasteiger partial charge < -0.3 is 19.7 Å². The van der Waals surface area contributed by atoms with Crippen molar-refractivity contribution in [3.8, 4) is 11.5 Å². The number of halogens is 1. The molecule has 0 bridgehead atoms. The Kier molecular flexibility index (Phi) is 11.6. The lowest BCUT2D eigenvalue weighted by Crippen LogP contribution is -2.51. The molecule has 0 heterocycles. The van der Waals surface area contributed by atoms with Gasteiger partial charge in [0.2, 0.25) is 11.8 Å². The van der Waals surface area contributed by atoms with Crippen LogP contribution in [0.2, 0.25) is 5.02 Å². The molecular weight excluding hydrogens is 578 g/mol. The third kappa shape index (κ3) is 8.17. The summed E-state index contributed by atoms with van der Waals surface area (Å²) in [5, 5.41) is 3.34. The maximum absolute atomic E-state index is 14.1. The molecule has 11 heteroatoms. The minimum Gasteiger partial charge on any atom is -0.497 e. The van der Waals surface area contributed by atoms with E-state index < -0.39 is 28.5 Å². The van der Waals surface area contributed by atoms with Gasteiger partial charge in [-0.2, -0.15) is 0 Å². The number of aryl methyl sites for hydroxylation is 1. The van der Waals surface area contributed by atoms with Gasteiger partial charge >= 0.3 is 0 Å². The minimum atomic E-state index is -4.27. The van der Waals surface area contributed by atoms with Crippen LogP contribution in [0.3, 0.4) is 0 Å². The van der Waals surface area contributed by atoms with Crippen LogP contribution in [-0.4, -0.2) is 58.5 Å². The first-order valence-corrected chi connectivity index (χ1v) is 15.5. The molecule has 0 saturated heterocycles. The Morgan fingerprint density at radius 3 is 2.33 bits per heavy atom. The molecule has 0 spiro atoms. The number of amides is 2. The number of nitrogens with one attached hydrogen (secondary N) is 1. The summed E-state index contributed by atoms with van der Waals surface area (Å²) in [6.07, 6.45) is 1.69. The molecule has 0 fully saturated rings. The van der Waals surface area contributed by atoms with E-state index in [0.717, 1.165) is 22.7 Å². The van der Waals surface area contributed by atoms with Gasteiger partial charge in [-0.25, -0.2) is 8.42 Å². The van der Waals surface area contributed by atoms with Crippen molar-refractivity contribution in [3.05, 3.63) is 82.9 Å². The molecule has 0 saturated carbocycles. The van der Waals surface area contributed by atoms with Gasteiger partial charge in [-0.05, 0) is 62.2 Å². The van der Waals surface area contributed by atoms with Crippen LogP contribution in [0.5, 0.6) is 11.5 Å². The van der Waals surface area contributed by atoms with Gasteiger partial charge in [0.05, 0.1) is 24.8 Å². The van der Waals surface area contributed by atoms with E-state index in [4.69, 9.17) is 21.1 Å². The third-order valence-electron chi connectivity index (χ3n) is 6.78. The first kappa shape index (κ1) is 32.8. The summed E-state index contributed by atoms with van der Waals surface area (Å²) in [5.41, 5.74) is 1.69. The molecule has 0 unspecified atom stereocenters. The Labute approximate surface area is 253 Å². The van der Waals surface area contributed by atoms with Gasteiger partial charge in [0.25, 0.3) is 10.0 Å². The monoisotopic (exact) mass is 615 g/mol. The molecule has 1 N–H and O–H groups in total. The van der Waals surface area contributed by atoms with Crippen molar-refractivity contribution in [3.63, 3.8) is 0 Å². The molecule has 42 heavy (non-hydrogen) atoms. The summed E-state index contributed by atoms with van der Waals surface area (Å²) < 4.78 is 40.1. The second-order valence-corrected chi connectivity index (χ2v) is 12.1. The molecule has 0 aromatic heterocycles. The van der Waals surface area contributed by atoms with Gasteiger partial charge in [0, 0.05) is 24.2 Å². The smallest absolute Gasteiger partial charge is 0.264 e. The highest BCUT2D eigenvalue weighted by Crippen LogP contribution is 2.36. The molecule has 0 aliphatic carbocycles. The van der Waals surface area contributed by atoms with Crippen molar-refractivity contribution < 1.29 is 27.5 Å². The van der Waals surface area contributed by atoms with E-state index in [1.807, 2.05) is 13.8 Å². The Hall–Kier alpha value is -3.76. The number of hydrogen-bond donors (Lipinski definition) is 1. The van der Waals surface area contributed by atoms with Crippen LogP contribution in [0.15, 0.2) is 71.6 Å². The first-order valence-electron chi connectivity index (χ1n) is 13.6. The molecule has 226 valence electrons. The van der Waals surface area contributed by atoms with Crippen molar-refractivity contribution in [1.82, 2.24) is 10.2 Å². The number of rotatable bonds is 14. The zero-order chi connectivity index (χ0) is 30.9. The number of anilines is 1. The predicted molar refractivity (Wildman–Crippen MR) is 165 cm³/mol. The summed E-state index contributed by atoms with van der Waals surface area (Å²) in [5.74, 6) is -0.327. The lowest BCUT2D eigenvalue weighted by Gasteiger charge is -2.32. The van der Waals surface area contributed by atoms with Gasteiger partial charge in [-0.1, -0.05) is 54.8 Å². The average Bonchev–Trinajstić information content (AvgIpc) is 2.98. The average molecular weight is 616 g/mol. The number of unbranched alkanes of at least 4 members (excludes halogenated alkanes) is 1. The summed E-state index contributed by atoms with van der Waals surface area (Å²) in [6, 6.07) is 17.1. The number of hydrogen-bond acceptors (Lipinski definition) is 6. The van der Waals surface area contributed by atoms with Gasteiger partial charge in [-0.15, -0.1) is 0 Å². The molecule has 1 atom stereocenters. The molecular formula is C31H38ClN3O6S. The van der Waals surface area contributed by atoms with Crippen LogP contribution in [0.1, 0.15) is 37.8 Å². The Balaban J connectivity index is 2.09. The SMILES string of the molecule is CCCCNC(=O)[C@H](C)N(Cc1cccc(Cl)c1)C(=O)CN(c1cc(OC)ccc1OC)S(=O)(=O)c1ccc(C)cc1. The number of ether oxygens (including phenoxy) is 2. The predicted octanol–water partition coefficient (Wildman–Crippen LogP) is 5.19. The highest BCUT2D eigenvalue weighted by atomic mass is 35.5. The fourth-order valence-corrected chi connectivity index (χ4v) is 5.92. The highest BCUT2D eigenvalue weighted by Gasteiger charge is 2.34. The van der Waals surface area contributed by atoms with Crippen molar-refractivity contribution in [1.29, 1.82) is 0 Å². The van der Waals surface area contributed by atoms with E-state index in [1.165, 1.54) is 37.3 Å². The second kappa shape index (κ2) is 14.9. The van der Waals surface area contributed by atoms with Crippen LogP contribution in [0, 0.1) is 6.92 Å². The number of nitrogens with zero attached hydrogens (tertiary/aromatic N) is 2. The summed E-state index contributed by atoms with van der Waals surface area (Å²) >= 11 is 6.20. The van der Waals surface area contributed by atoms with Crippen molar-refractivity contribution >= 4 is 39.1 Å². The van der Waals surface area contributed by atoms with Crippen LogP contribution < -0.4 is 19.1 Å². The fourth-order valence-electron chi connectivity index (χ4n) is 4.29. The number of benzene rings is 3.